The molecule has 1 atom stereocenters. The molecule has 1 saturated heterocycles. The van der Waals surface area contributed by atoms with Crippen molar-refractivity contribution in [3.05, 3.63) is 29.8 Å². The van der Waals surface area contributed by atoms with Gasteiger partial charge in [-0.05, 0) is 12.1 Å². The van der Waals surface area contributed by atoms with Gasteiger partial charge in [0.1, 0.15) is 0 Å². The Labute approximate surface area is 152 Å². The van der Waals surface area contributed by atoms with Crippen molar-refractivity contribution in [1.29, 1.82) is 0 Å². The first kappa shape index (κ1) is 20.3. The number of ether oxygens (including phenoxy) is 2. The van der Waals surface area contributed by atoms with E-state index in [1.807, 2.05) is 0 Å². The molecule has 1 aliphatic heterocycles. The molecule has 0 radical (unpaired) electrons. The summed E-state index contributed by atoms with van der Waals surface area (Å²) in [4.78, 5) is 16.7. The molecule has 0 spiro atoms. The lowest BCUT2D eigenvalue weighted by atomic mass is 10.1. The maximum Gasteiger partial charge on any atom is 0.358 e. The topological polar surface area (TPSA) is 115 Å². The molecule has 0 aliphatic carbocycles. The monoisotopic (exact) mass is 386 g/mol. The Kier molecular flexibility index (Phi) is 7.09. The molecule has 1 N–H and O–H groups in total. The van der Waals surface area contributed by atoms with E-state index in [0.29, 0.717) is 19.6 Å². The van der Waals surface area contributed by atoms with Crippen LogP contribution in [0.2, 0.25) is 0 Å². The average Bonchev–Trinajstić information content (AvgIpc) is 3.13. The Balaban J connectivity index is 2.17. The number of sulfonamides is 1. The first-order valence-electron chi connectivity index (χ1n) is 7.97. The minimum atomic E-state index is -3.68. The van der Waals surface area contributed by atoms with Crippen molar-refractivity contribution in [2.24, 2.45) is 5.16 Å². The Bertz CT molecular complexity index is 740. The number of likely N-dealkylation sites (N-methyl/N-ethyl adjacent to an activating group) is 1. The number of methoxy groups -OCH3 is 1. The number of carboxylic acids is 1. The molecule has 0 bridgehead atoms. The zero-order valence-corrected chi connectivity index (χ0v) is 15.4. The van der Waals surface area contributed by atoms with Crippen LogP contribution in [0, 0.1) is 0 Å². The van der Waals surface area contributed by atoms with Crippen molar-refractivity contribution in [1.82, 2.24) is 4.31 Å². The summed E-state index contributed by atoms with van der Waals surface area (Å²) in [5.74, 6) is -1.27. The van der Waals surface area contributed by atoms with Gasteiger partial charge in [-0.25, -0.2) is 13.2 Å². The number of nitrogens with zero attached hydrogens (tertiary/aromatic N) is 2. The summed E-state index contributed by atoms with van der Waals surface area (Å²) in [6.45, 7) is 1.39. The van der Waals surface area contributed by atoms with Gasteiger partial charge in [0, 0.05) is 32.7 Å². The molecule has 1 fully saturated rings. The lowest BCUT2D eigenvalue weighted by Crippen LogP contribution is -2.30. The molecule has 1 aromatic carbocycles. The third-order valence-electron chi connectivity index (χ3n) is 3.83. The van der Waals surface area contributed by atoms with Gasteiger partial charge in [-0.2, -0.15) is 4.31 Å². The van der Waals surface area contributed by atoms with Crippen molar-refractivity contribution in [3.63, 3.8) is 0 Å². The maximum atomic E-state index is 12.4. The summed E-state index contributed by atoms with van der Waals surface area (Å²) in [5, 5.41) is 13.0. The minimum absolute atomic E-state index is 0.0507. The summed E-state index contributed by atoms with van der Waals surface area (Å²) < 4.78 is 36.1. The van der Waals surface area contributed by atoms with Gasteiger partial charge in [0.2, 0.25) is 10.0 Å². The second-order valence-corrected chi connectivity index (χ2v) is 7.72. The zero-order chi connectivity index (χ0) is 19.2. The predicted octanol–water partition coefficient (Wildman–Crippen LogP) is 0.548. The number of rotatable bonds is 9. The number of hydrogen-bond donors (Lipinski definition) is 1. The van der Waals surface area contributed by atoms with Crippen LogP contribution in [-0.2, 0) is 29.1 Å². The lowest BCUT2D eigenvalue weighted by molar-refractivity contribution is -0.129. The molecule has 10 heteroatoms. The Morgan fingerprint density at radius 3 is 2.62 bits per heavy atom. The van der Waals surface area contributed by atoms with Gasteiger partial charge in [0.15, 0.2) is 11.8 Å². The fourth-order valence-corrected chi connectivity index (χ4v) is 3.40. The molecule has 2 rings (SSSR count). The molecule has 144 valence electrons. The van der Waals surface area contributed by atoms with Crippen molar-refractivity contribution >= 4 is 21.7 Å². The fraction of sp³-hybridized carbons (Fsp3) is 0.500. The Hall–Kier alpha value is -2.01. The van der Waals surface area contributed by atoms with E-state index in [1.165, 1.54) is 42.7 Å². The second kappa shape index (κ2) is 9.08. The standard InChI is InChI=1S/C16H22N2O7S/c1-18(8-10-23-2)26(21,22)14-5-3-12(4-6-14)15(16(19)20)17-25-13-7-9-24-11-13/h3-6,13H,7-11H2,1-2H3,(H,19,20)/b17-15+/t13-/m1/s1. The van der Waals surface area contributed by atoms with E-state index in [-0.39, 0.29) is 35.4 Å². The number of hydrogen-bond acceptors (Lipinski definition) is 7. The summed E-state index contributed by atoms with van der Waals surface area (Å²) in [6, 6.07) is 5.45. The molecule has 0 saturated carbocycles. The van der Waals surface area contributed by atoms with Crippen LogP contribution >= 0.6 is 0 Å². The third-order valence-corrected chi connectivity index (χ3v) is 5.70. The molecule has 0 aromatic heterocycles. The molecule has 9 nitrogen and oxygen atoms in total. The fourth-order valence-electron chi connectivity index (χ4n) is 2.24. The summed E-state index contributed by atoms with van der Waals surface area (Å²) in [5.41, 5.74) is -0.0523. The van der Waals surface area contributed by atoms with Gasteiger partial charge in [-0.15, -0.1) is 0 Å². The van der Waals surface area contributed by atoms with E-state index in [4.69, 9.17) is 14.3 Å². The molecule has 1 heterocycles. The highest BCUT2D eigenvalue weighted by atomic mass is 32.2. The van der Waals surface area contributed by atoms with Crippen molar-refractivity contribution in [3.8, 4) is 0 Å². The predicted molar refractivity (Wildman–Crippen MR) is 92.6 cm³/mol. The lowest BCUT2D eigenvalue weighted by Gasteiger charge is -2.16. The molecule has 26 heavy (non-hydrogen) atoms. The zero-order valence-electron chi connectivity index (χ0n) is 14.6. The van der Waals surface area contributed by atoms with Gasteiger partial charge in [0.05, 0.1) is 24.7 Å². The third kappa shape index (κ3) is 5.01. The number of benzene rings is 1. The van der Waals surface area contributed by atoms with E-state index in [0.717, 1.165) is 0 Å². The number of carbonyl (C=O) groups is 1. The van der Waals surface area contributed by atoms with Gasteiger partial charge >= 0.3 is 5.97 Å². The summed E-state index contributed by atoms with van der Waals surface area (Å²) in [6.07, 6.45) is 0.361. The first-order valence-corrected chi connectivity index (χ1v) is 9.41. The van der Waals surface area contributed by atoms with Gasteiger partial charge < -0.3 is 19.4 Å². The normalized spacial score (nSPS) is 18.3. The van der Waals surface area contributed by atoms with Crippen LogP contribution in [0.3, 0.4) is 0 Å². The molecule has 0 unspecified atom stereocenters. The maximum absolute atomic E-state index is 12.4. The van der Waals surface area contributed by atoms with Crippen LogP contribution in [0.25, 0.3) is 0 Å². The van der Waals surface area contributed by atoms with E-state index in [1.54, 1.807) is 0 Å². The highest BCUT2D eigenvalue weighted by molar-refractivity contribution is 7.89. The van der Waals surface area contributed by atoms with Crippen LogP contribution in [0.1, 0.15) is 12.0 Å². The van der Waals surface area contributed by atoms with Gasteiger partial charge in [0.25, 0.3) is 0 Å². The first-order chi connectivity index (χ1) is 12.4. The van der Waals surface area contributed by atoms with Gasteiger partial charge in [-0.3, -0.25) is 0 Å². The molecular formula is C16H22N2O7S. The van der Waals surface area contributed by atoms with Crippen LogP contribution in [0.5, 0.6) is 0 Å². The van der Waals surface area contributed by atoms with Crippen LogP contribution in [-0.4, -0.2) is 76.1 Å². The summed E-state index contributed by atoms with van der Waals surface area (Å²) in [7, 11) is -0.745. The molecular weight excluding hydrogens is 364 g/mol. The van der Waals surface area contributed by atoms with Crippen molar-refractivity contribution in [2.75, 3.05) is 40.5 Å². The highest BCUT2D eigenvalue weighted by Gasteiger charge is 2.22. The number of aliphatic carboxylic acids is 1. The largest absolute Gasteiger partial charge is 0.476 e. The SMILES string of the molecule is COCCN(C)S(=O)(=O)c1ccc(/C(=N\O[C@@H]2CCOC2)C(=O)O)cc1. The molecule has 0 amide bonds. The van der Waals surface area contributed by atoms with Crippen molar-refractivity contribution in [2.45, 2.75) is 17.4 Å². The van der Waals surface area contributed by atoms with E-state index >= 15 is 0 Å². The quantitative estimate of drug-likeness (QED) is 0.487. The van der Waals surface area contributed by atoms with Crippen LogP contribution < -0.4 is 0 Å². The van der Waals surface area contributed by atoms with Crippen LogP contribution in [0.15, 0.2) is 34.3 Å². The smallest absolute Gasteiger partial charge is 0.358 e. The minimum Gasteiger partial charge on any atom is -0.476 e. The Morgan fingerprint density at radius 1 is 1.38 bits per heavy atom. The van der Waals surface area contributed by atoms with E-state index in [2.05, 4.69) is 5.16 Å². The molecule has 1 aliphatic rings. The second-order valence-electron chi connectivity index (χ2n) is 5.68. The van der Waals surface area contributed by atoms with Crippen molar-refractivity contribution < 1.29 is 32.6 Å². The Morgan fingerprint density at radius 2 is 2.08 bits per heavy atom. The van der Waals surface area contributed by atoms with E-state index in [9.17, 15) is 18.3 Å². The number of oxime groups is 1. The van der Waals surface area contributed by atoms with Gasteiger partial charge in [-0.1, -0.05) is 17.3 Å². The van der Waals surface area contributed by atoms with Crippen LogP contribution in [0.4, 0.5) is 0 Å². The number of carboxylic acid groups (broad SMARTS) is 1. The highest BCUT2D eigenvalue weighted by Crippen LogP contribution is 2.16. The average molecular weight is 386 g/mol. The summed E-state index contributed by atoms with van der Waals surface area (Å²) >= 11 is 0. The molecule has 1 aromatic rings. The van der Waals surface area contributed by atoms with E-state index < -0.39 is 16.0 Å².